The average Bonchev–Trinajstić information content (AvgIpc) is 1.41. The fraction of sp³-hybridized carbons (Fsp3) is 1.00. The first-order chi connectivity index (χ1) is 2.41. The zero-order chi connectivity index (χ0) is 4.12. The van der Waals surface area contributed by atoms with Crippen molar-refractivity contribution in [3.63, 3.8) is 0 Å². The summed E-state index contributed by atoms with van der Waals surface area (Å²) >= 11 is 0. The predicted molar refractivity (Wildman–Crippen MR) is 24.7 cm³/mol. The van der Waals surface area contributed by atoms with Crippen molar-refractivity contribution in [2.75, 3.05) is 20.3 Å². The summed E-state index contributed by atoms with van der Waals surface area (Å²) in [5.74, 6) is 0. The third kappa shape index (κ3) is 9.12. The molecule has 0 bridgehead atoms. The van der Waals surface area contributed by atoms with Crippen molar-refractivity contribution in [3.05, 3.63) is 0 Å². The average molecular weight is 115 g/mol. The number of methoxy groups -OCH3 is 1. The van der Waals surface area contributed by atoms with E-state index in [4.69, 9.17) is 5.11 Å². The van der Waals surface area contributed by atoms with Gasteiger partial charge in [-0.1, -0.05) is 0 Å². The zero-order valence-corrected chi connectivity index (χ0v) is 7.39. The van der Waals surface area contributed by atoms with Crippen LogP contribution in [0.15, 0.2) is 0 Å². The van der Waals surface area contributed by atoms with Gasteiger partial charge in [-0.3, -0.25) is 0 Å². The van der Waals surface area contributed by atoms with E-state index >= 15 is 0 Å². The van der Waals surface area contributed by atoms with E-state index in [0.717, 1.165) is 0 Å². The van der Waals surface area contributed by atoms with Crippen LogP contribution >= 0.6 is 0 Å². The Morgan fingerprint density at radius 3 is 2.17 bits per heavy atom. The summed E-state index contributed by atoms with van der Waals surface area (Å²) < 4.78 is 4.44. The van der Waals surface area contributed by atoms with Gasteiger partial charge in [-0.25, -0.2) is 0 Å². The van der Waals surface area contributed by atoms with E-state index in [2.05, 4.69) is 4.74 Å². The van der Waals surface area contributed by atoms with Crippen LogP contribution in [0.4, 0.5) is 0 Å². The monoisotopic (exact) mass is 115 g/mol. The minimum atomic E-state index is 0. The third-order valence-corrected chi connectivity index (χ3v) is 0.295. The molecule has 33 valence electrons. The maximum atomic E-state index is 7.94. The molecule has 0 saturated heterocycles. The van der Waals surface area contributed by atoms with E-state index in [1.807, 2.05) is 0 Å². The SMILES string of the molecule is COCCO.[K]. The molecule has 6 heavy (non-hydrogen) atoms. The molecule has 0 aliphatic heterocycles. The van der Waals surface area contributed by atoms with E-state index in [1.54, 1.807) is 7.11 Å². The Kier molecular flexibility index (Phi) is 17.1. The topological polar surface area (TPSA) is 29.5 Å². The number of aliphatic hydroxyl groups is 1. The Balaban J connectivity index is 0. The molecule has 0 aromatic carbocycles. The van der Waals surface area contributed by atoms with Gasteiger partial charge in [0.15, 0.2) is 0 Å². The van der Waals surface area contributed by atoms with Gasteiger partial charge >= 0.3 is 0 Å². The van der Waals surface area contributed by atoms with Gasteiger partial charge in [0.1, 0.15) is 0 Å². The van der Waals surface area contributed by atoms with Crippen molar-refractivity contribution in [1.29, 1.82) is 0 Å². The first-order valence-corrected chi connectivity index (χ1v) is 1.51. The van der Waals surface area contributed by atoms with Crippen LogP contribution in [0, 0.1) is 0 Å². The number of hydrogen-bond acceptors (Lipinski definition) is 2. The largest absolute Gasteiger partial charge is 0.394 e. The minimum absolute atomic E-state index is 0. The predicted octanol–water partition coefficient (Wildman–Crippen LogP) is -0.756. The molecule has 0 aromatic heterocycles. The maximum Gasteiger partial charge on any atom is 0.0693 e. The Hall–Kier alpha value is 1.56. The van der Waals surface area contributed by atoms with Gasteiger partial charge in [0, 0.05) is 58.5 Å². The minimum Gasteiger partial charge on any atom is -0.394 e. The van der Waals surface area contributed by atoms with Crippen molar-refractivity contribution in [2.45, 2.75) is 0 Å². The number of ether oxygens (including phenoxy) is 1. The van der Waals surface area contributed by atoms with Crippen molar-refractivity contribution >= 4 is 51.4 Å². The molecule has 3 heteroatoms. The Morgan fingerprint density at radius 2 is 2.17 bits per heavy atom. The van der Waals surface area contributed by atoms with Gasteiger partial charge in [0.25, 0.3) is 0 Å². The molecule has 0 aromatic rings. The molecule has 0 aliphatic carbocycles. The van der Waals surface area contributed by atoms with E-state index < -0.39 is 0 Å². The van der Waals surface area contributed by atoms with Crippen molar-refractivity contribution < 1.29 is 9.84 Å². The van der Waals surface area contributed by atoms with Crippen LogP contribution < -0.4 is 0 Å². The zero-order valence-electron chi connectivity index (χ0n) is 4.27. The Bertz CT molecular complexity index is 16.3. The molecule has 0 fully saturated rings. The number of aliphatic hydroxyl groups excluding tert-OH is 1. The first-order valence-electron chi connectivity index (χ1n) is 1.51. The van der Waals surface area contributed by atoms with E-state index in [-0.39, 0.29) is 58.0 Å². The molecule has 0 atom stereocenters. The Morgan fingerprint density at radius 1 is 1.67 bits per heavy atom. The van der Waals surface area contributed by atoms with E-state index in [0.29, 0.717) is 6.61 Å². The number of hydrogen-bond donors (Lipinski definition) is 1. The summed E-state index contributed by atoms with van der Waals surface area (Å²) in [5.41, 5.74) is 0. The van der Waals surface area contributed by atoms with Gasteiger partial charge in [0.05, 0.1) is 13.2 Å². The number of rotatable bonds is 2. The van der Waals surface area contributed by atoms with Crippen LogP contribution in [0.25, 0.3) is 0 Å². The molecule has 0 amide bonds. The summed E-state index contributed by atoms with van der Waals surface area (Å²) in [7, 11) is 1.55. The molecule has 2 nitrogen and oxygen atoms in total. The van der Waals surface area contributed by atoms with Crippen LogP contribution in [-0.4, -0.2) is 76.8 Å². The summed E-state index contributed by atoms with van der Waals surface area (Å²) in [6.45, 7) is 0.566. The van der Waals surface area contributed by atoms with Crippen molar-refractivity contribution in [3.8, 4) is 0 Å². The third-order valence-electron chi connectivity index (χ3n) is 0.295. The van der Waals surface area contributed by atoms with Crippen LogP contribution in [0.3, 0.4) is 0 Å². The van der Waals surface area contributed by atoms with Gasteiger partial charge in [0.2, 0.25) is 0 Å². The maximum absolute atomic E-state index is 7.94. The van der Waals surface area contributed by atoms with Gasteiger partial charge in [-0.05, 0) is 0 Å². The van der Waals surface area contributed by atoms with Crippen LogP contribution in [0.1, 0.15) is 0 Å². The van der Waals surface area contributed by atoms with Crippen LogP contribution in [-0.2, 0) is 4.74 Å². The molecule has 0 aliphatic rings. The van der Waals surface area contributed by atoms with Crippen molar-refractivity contribution in [2.24, 2.45) is 0 Å². The van der Waals surface area contributed by atoms with E-state index in [9.17, 15) is 0 Å². The van der Waals surface area contributed by atoms with Gasteiger partial charge in [-0.2, -0.15) is 0 Å². The molecule has 0 rings (SSSR count). The fourth-order valence-corrected chi connectivity index (χ4v) is 0.0913. The molecule has 1 N–H and O–H groups in total. The molecular weight excluding hydrogens is 107 g/mol. The van der Waals surface area contributed by atoms with Crippen LogP contribution in [0.2, 0.25) is 0 Å². The second-order valence-electron chi connectivity index (χ2n) is 0.716. The van der Waals surface area contributed by atoms with Crippen molar-refractivity contribution in [1.82, 2.24) is 0 Å². The summed E-state index contributed by atoms with van der Waals surface area (Å²) in [5, 5.41) is 7.94. The first kappa shape index (κ1) is 10.5. The fourth-order valence-electron chi connectivity index (χ4n) is 0.0913. The second kappa shape index (κ2) is 9.75. The molecule has 0 spiro atoms. The van der Waals surface area contributed by atoms with E-state index in [1.165, 1.54) is 0 Å². The molecular formula is C3H8KO2. The summed E-state index contributed by atoms with van der Waals surface area (Å²) in [6, 6.07) is 0. The Labute approximate surface area is 80.3 Å². The van der Waals surface area contributed by atoms with Gasteiger partial charge in [-0.15, -0.1) is 0 Å². The second-order valence-corrected chi connectivity index (χ2v) is 0.716. The molecule has 0 unspecified atom stereocenters. The molecule has 0 saturated carbocycles. The molecule has 0 heterocycles. The van der Waals surface area contributed by atoms with Crippen LogP contribution in [0.5, 0.6) is 0 Å². The normalized spacial score (nSPS) is 7.00. The molecule has 1 radical (unpaired) electrons. The van der Waals surface area contributed by atoms with Gasteiger partial charge < -0.3 is 9.84 Å². The standard InChI is InChI=1S/C3H8O2.K/c1-5-3-2-4;/h4H,2-3H2,1H3;. The smallest absolute Gasteiger partial charge is 0.0693 e. The summed E-state index contributed by atoms with van der Waals surface area (Å²) in [4.78, 5) is 0. The quantitative estimate of drug-likeness (QED) is 0.480. The summed E-state index contributed by atoms with van der Waals surface area (Å²) in [6.07, 6.45) is 0.